The van der Waals surface area contributed by atoms with Gasteiger partial charge in [0.05, 0.1) is 12.8 Å². The Morgan fingerprint density at radius 3 is 2.65 bits per heavy atom. The molecule has 4 rings (SSSR count). The normalized spacial score (nSPS) is 16.7. The molecule has 0 saturated carbocycles. The van der Waals surface area contributed by atoms with Crippen molar-refractivity contribution in [3.63, 3.8) is 0 Å². The first-order chi connectivity index (χ1) is 11.4. The van der Waals surface area contributed by atoms with Gasteiger partial charge in [-0.25, -0.2) is 4.98 Å². The molecule has 23 heavy (non-hydrogen) atoms. The van der Waals surface area contributed by atoms with Gasteiger partial charge >= 0.3 is 0 Å². The molecule has 1 saturated heterocycles. The van der Waals surface area contributed by atoms with E-state index in [1.54, 1.807) is 6.26 Å². The van der Waals surface area contributed by atoms with Crippen molar-refractivity contribution in [1.82, 2.24) is 20.1 Å². The van der Waals surface area contributed by atoms with Crippen LogP contribution in [-0.4, -0.2) is 33.2 Å². The maximum Gasteiger partial charge on any atom is 0.181 e. The molecule has 1 aliphatic heterocycles. The van der Waals surface area contributed by atoms with Gasteiger partial charge in [0.15, 0.2) is 5.82 Å². The van der Waals surface area contributed by atoms with E-state index in [0.29, 0.717) is 5.92 Å². The average molecular weight is 308 g/mol. The van der Waals surface area contributed by atoms with Crippen molar-refractivity contribution in [2.75, 3.05) is 13.1 Å². The Morgan fingerprint density at radius 1 is 1.09 bits per heavy atom. The van der Waals surface area contributed by atoms with Crippen LogP contribution in [0, 0.1) is 0 Å². The van der Waals surface area contributed by atoms with E-state index in [4.69, 9.17) is 9.40 Å². The highest BCUT2D eigenvalue weighted by Gasteiger charge is 2.23. The number of piperidine rings is 1. The summed E-state index contributed by atoms with van der Waals surface area (Å²) in [5.41, 5.74) is 1.06. The van der Waals surface area contributed by atoms with Crippen molar-refractivity contribution in [3.8, 4) is 11.4 Å². The molecule has 5 nitrogen and oxygen atoms in total. The number of aromatic amines is 1. The van der Waals surface area contributed by atoms with Gasteiger partial charge in [-0.15, -0.1) is 0 Å². The second-order valence-corrected chi connectivity index (χ2v) is 6.04. The lowest BCUT2D eigenvalue weighted by atomic mass is 9.96. The van der Waals surface area contributed by atoms with Crippen LogP contribution in [0.5, 0.6) is 0 Å². The van der Waals surface area contributed by atoms with Crippen LogP contribution >= 0.6 is 0 Å². The topological polar surface area (TPSA) is 58.0 Å². The highest BCUT2D eigenvalue weighted by molar-refractivity contribution is 5.53. The van der Waals surface area contributed by atoms with Crippen LogP contribution in [0.3, 0.4) is 0 Å². The first kappa shape index (κ1) is 14.2. The number of likely N-dealkylation sites (tertiary alicyclic amines) is 1. The molecule has 0 amide bonds. The van der Waals surface area contributed by atoms with Gasteiger partial charge < -0.3 is 4.42 Å². The fourth-order valence-electron chi connectivity index (χ4n) is 3.16. The summed E-state index contributed by atoms with van der Waals surface area (Å²) < 4.78 is 5.43. The van der Waals surface area contributed by atoms with Gasteiger partial charge in [-0.2, -0.15) is 5.10 Å². The van der Waals surface area contributed by atoms with Crippen molar-refractivity contribution in [3.05, 3.63) is 60.3 Å². The summed E-state index contributed by atoms with van der Waals surface area (Å²) in [7, 11) is 0. The van der Waals surface area contributed by atoms with Crippen LogP contribution in [-0.2, 0) is 6.54 Å². The smallest absolute Gasteiger partial charge is 0.181 e. The van der Waals surface area contributed by atoms with E-state index >= 15 is 0 Å². The summed E-state index contributed by atoms with van der Waals surface area (Å²) in [5, 5.41) is 7.51. The fourth-order valence-corrected chi connectivity index (χ4v) is 3.16. The molecular formula is C18H20N4O. The third-order valence-corrected chi connectivity index (χ3v) is 4.47. The summed E-state index contributed by atoms with van der Waals surface area (Å²) in [6.07, 6.45) is 3.94. The third kappa shape index (κ3) is 3.19. The van der Waals surface area contributed by atoms with Gasteiger partial charge in [0.1, 0.15) is 11.6 Å². The zero-order valence-electron chi connectivity index (χ0n) is 13.0. The van der Waals surface area contributed by atoms with Crippen LogP contribution in [0.2, 0.25) is 0 Å². The molecule has 1 N–H and O–H groups in total. The van der Waals surface area contributed by atoms with Gasteiger partial charge in [0.25, 0.3) is 0 Å². The second-order valence-electron chi connectivity index (χ2n) is 6.04. The monoisotopic (exact) mass is 308 g/mol. The van der Waals surface area contributed by atoms with Gasteiger partial charge in [0.2, 0.25) is 0 Å². The van der Waals surface area contributed by atoms with Crippen molar-refractivity contribution in [2.24, 2.45) is 0 Å². The average Bonchev–Trinajstić information content (AvgIpc) is 3.28. The molecule has 1 aromatic carbocycles. The van der Waals surface area contributed by atoms with Crippen molar-refractivity contribution >= 4 is 0 Å². The second kappa shape index (κ2) is 6.38. The first-order valence-corrected chi connectivity index (χ1v) is 8.11. The van der Waals surface area contributed by atoms with Crippen LogP contribution in [0.1, 0.15) is 30.3 Å². The molecule has 0 atom stereocenters. The SMILES string of the molecule is c1ccc(-c2n[nH]c(C3CCN(Cc4ccco4)CC3)n2)cc1. The molecule has 118 valence electrons. The number of nitrogens with zero attached hydrogens (tertiary/aromatic N) is 3. The number of H-pyrrole nitrogens is 1. The highest BCUT2D eigenvalue weighted by atomic mass is 16.3. The lowest BCUT2D eigenvalue weighted by Gasteiger charge is -2.30. The molecule has 3 heterocycles. The van der Waals surface area contributed by atoms with E-state index in [0.717, 1.165) is 55.4 Å². The van der Waals surface area contributed by atoms with E-state index in [1.807, 2.05) is 42.5 Å². The summed E-state index contributed by atoms with van der Waals surface area (Å²) in [6, 6.07) is 14.1. The summed E-state index contributed by atoms with van der Waals surface area (Å²) in [5.74, 6) is 3.31. The minimum absolute atomic E-state index is 0.466. The lowest BCUT2D eigenvalue weighted by molar-refractivity contribution is 0.188. The van der Waals surface area contributed by atoms with E-state index in [-0.39, 0.29) is 0 Å². The number of furan rings is 1. The number of rotatable bonds is 4. The van der Waals surface area contributed by atoms with Gasteiger partial charge in [-0.3, -0.25) is 10.00 Å². The number of aromatic nitrogens is 3. The predicted molar refractivity (Wildman–Crippen MR) is 87.8 cm³/mol. The van der Waals surface area contributed by atoms with E-state index in [9.17, 15) is 0 Å². The van der Waals surface area contributed by atoms with E-state index in [2.05, 4.69) is 15.1 Å². The zero-order valence-corrected chi connectivity index (χ0v) is 13.0. The maximum absolute atomic E-state index is 5.43. The fraction of sp³-hybridized carbons (Fsp3) is 0.333. The summed E-state index contributed by atoms with van der Waals surface area (Å²) in [6.45, 7) is 3.02. The molecule has 0 aliphatic carbocycles. The van der Waals surface area contributed by atoms with E-state index in [1.165, 1.54) is 0 Å². The molecule has 1 aliphatic rings. The van der Waals surface area contributed by atoms with Crippen molar-refractivity contribution in [1.29, 1.82) is 0 Å². The zero-order chi connectivity index (χ0) is 15.5. The molecule has 0 radical (unpaired) electrons. The molecule has 5 heteroatoms. The Labute approximate surface area is 135 Å². The molecule has 1 fully saturated rings. The molecule has 0 bridgehead atoms. The van der Waals surface area contributed by atoms with Crippen LogP contribution in [0.4, 0.5) is 0 Å². The van der Waals surface area contributed by atoms with Crippen LogP contribution in [0.25, 0.3) is 11.4 Å². The minimum atomic E-state index is 0.466. The Kier molecular flexibility index (Phi) is 3.94. The Balaban J connectivity index is 1.38. The lowest BCUT2D eigenvalue weighted by Crippen LogP contribution is -2.32. The summed E-state index contributed by atoms with van der Waals surface area (Å²) >= 11 is 0. The number of hydrogen-bond donors (Lipinski definition) is 1. The molecule has 0 unspecified atom stereocenters. The summed E-state index contributed by atoms with van der Waals surface area (Å²) in [4.78, 5) is 7.14. The number of hydrogen-bond acceptors (Lipinski definition) is 4. The van der Waals surface area contributed by atoms with Crippen molar-refractivity contribution < 1.29 is 4.42 Å². The Hall–Kier alpha value is -2.40. The van der Waals surface area contributed by atoms with Gasteiger partial charge in [-0.05, 0) is 38.1 Å². The number of benzene rings is 1. The highest BCUT2D eigenvalue weighted by Crippen LogP contribution is 2.27. The van der Waals surface area contributed by atoms with Crippen LogP contribution < -0.4 is 0 Å². The molecular weight excluding hydrogens is 288 g/mol. The standard InChI is InChI=1S/C18H20N4O/c1-2-5-14(6-3-1)17-19-18(21-20-17)15-8-10-22(11-9-15)13-16-7-4-12-23-16/h1-7,12,15H,8-11,13H2,(H,19,20,21). The Bertz CT molecular complexity index is 727. The number of nitrogens with one attached hydrogen (secondary N) is 1. The molecule has 3 aromatic rings. The first-order valence-electron chi connectivity index (χ1n) is 8.11. The molecule has 2 aromatic heterocycles. The van der Waals surface area contributed by atoms with Crippen molar-refractivity contribution in [2.45, 2.75) is 25.3 Å². The minimum Gasteiger partial charge on any atom is -0.468 e. The van der Waals surface area contributed by atoms with Crippen LogP contribution in [0.15, 0.2) is 53.1 Å². The quantitative estimate of drug-likeness (QED) is 0.802. The molecule has 0 spiro atoms. The van der Waals surface area contributed by atoms with Gasteiger partial charge in [0, 0.05) is 11.5 Å². The predicted octanol–water partition coefficient (Wildman–Crippen LogP) is 3.44. The van der Waals surface area contributed by atoms with E-state index < -0.39 is 0 Å². The van der Waals surface area contributed by atoms with Gasteiger partial charge in [-0.1, -0.05) is 30.3 Å². The maximum atomic E-state index is 5.43. The Morgan fingerprint density at radius 2 is 1.91 bits per heavy atom. The third-order valence-electron chi connectivity index (χ3n) is 4.47. The largest absolute Gasteiger partial charge is 0.468 e.